The number of amides is 1. The van der Waals surface area contributed by atoms with Gasteiger partial charge < -0.3 is 4.90 Å². The number of hydrogen-bond acceptors (Lipinski definition) is 2. The van der Waals surface area contributed by atoms with E-state index >= 15 is 0 Å². The van der Waals surface area contributed by atoms with Crippen LogP contribution in [-0.2, 0) is 4.79 Å². The number of likely N-dealkylation sites (tertiary alicyclic amines) is 1. The minimum atomic E-state index is -0.396. The van der Waals surface area contributed by atoms with Crippen molar-refractivity contribution in [3.8, 4) is 0 Å². The topological polar surface area (TPSA) is 33.2 Å². The molecule has 4 heteroatoms. The molecule has 1 aromatic heterocycles. The lowest BCUT2D eigenvalue weighted by Gasteiger charge is -2.04. The summed E-state index contributed by atoms with van der Waals surface area (Å²) in [5, 5.41) is 0. The van der Waals surface area contributed by atoms with Gasteiger partial charge in [0.05, 0.1) is 6.20 Å². The molecule has 1 aliphatic heterocycles. The van der Waals surface area contributed by atoms with Gasteiger partial charge in [-0.25, -0.2) is 4.39 Å². The molecule has 0 spiro atoms. The van der Waals surface area contributed by atoms with Gasteiger partial charge in [-0.15, -0.1) is 0 Å². The molecule has 0 atom stereocenters. The van der Waals surface area contributed by atoms with Crippen LogP contribution in [0.1, 0.15) is 12.0 Å². The first-order valence-corrected chi connectivity index (χ1v) is 4.74. The summed E-state index contributed by atoms with van der Waals surface area (Å²) < 4.78 is 13.2. The van der Waals surface area contributed by atoms with E-state index in [0.717, 1.165) is 6.20 Å². The molecule has 78 valence electrons. The summed E-state index contributed by atoms with van der Waals surface area (Å²) in [6.45, 7) is 0.706. The van der Waals surface area contributed by atoms with E-state index in [2.05, 4.69) is 4.98 Å². The highest BCUT2D eigenvalue weighted by Gasteiger charge is 2.22. The number of likely N-dealkylation sites (N-methyl/N-ethyl adjacent to an activating group) is 1. The maximum Gasteiger partial charge on any atom is 0.249 e. The fraction of sp³-hybridized carbons (Fsp3) is 0.273. The van der Waals surface area contributed by atoms with E-state index in [0.29, 0.717) is 24.1 Å². The van der Waals surface area contributed by atoms with E-state index in [1.54, 1.807) is 24.1 Å². The van der Waals surface area contributed by atoms with Gasteiger partial charge >= 0.3 is 0 Å². The average Bonchev–Trinajstić information content (AvgIpc) is 2.53. The zero-order valence-corrected chi connectivity index (χ0v) is 8.40. The van der Waals surface area contributed by atoms with Gasteiger partial charge in [-0.2, -0.15) is 0 Å². The molecule has 2 heterocycles. The molecule has 0 radical (unpaired) electrons. The van der Waals surface area contributed by atoms with Gasteiger partial charge in [-0.1, -0.05) is 0 Å². The number of nitrogens with zero attached hydrogens (tertiary/aromatic N) is 2. The number of halogens is 1. The van der Waals surface area contributed by atoms with E-state index in [1.807, 2.05) is 0 Å². The molecule has 0 bridgehead atoms. The summed E-state index contributed by atoms with van der Waals surface area (Å²) in [6, 6.07) is 1.56. The smallest absolute Gasteiger partial charge is 0.249 e. The summed E-state index contributed by atoms with van der Waals surface area (Å²) in [4.78, 5) is 16.8. The fourth-order valence-corrected chi connectivity index (χ4v) is 1.57. The number of pyridine rings is 1. The van der Waals surface area contributed by atoms with Crippen molar-refractivity contribution in [1.82, 2.24) is 9.88 Å². The Morgan fingerprint density at radius 2 is 2.40 bits per heavy atom. The summed E-state index contributed by atoms with van der Waals surface area (Å²) in [7, 11) is 1.74. The lowest BCUT2D eigenvalue weighted by molar-refractivity contribution is -0.123. The summed E-state index contributed by atoms with van der Waals surface area (Å²) in [5.41, 5.74) is 1.08. The second-order valence-corrected chi connectivity index (χ2v) is 3.54. The molecule has 0 aliphatic carbocycles. The molecule has 15 heavy (non-hydrogen) atoms. The largest absolute Gasteiger partial charge is 0.342 e. The first-order chi connectivity index (χ1) is 7.18. The van der Waals surface area contributed by atoms with Crippen molar-refractivity contribution in [2.45, 2.75) is 6.42 Å². The van der Waals surface area contributed by atoms with E-state index < -0.39 is 5.82 Å². The molecule has 0 aromatic carbocycles. The Balaban J connectivity index is 2.32. The van der Waals surface area contributed by atoms with E-state index in [-0.39, 0.29) is 5.91 Å². The molecular weight excluding hydrogens is 195 g/mol. The first kappa shape index (κ1) is 9.83. The third-order valence-electron chi connectivity index (χ3n) is 2.47. The van der Waals surface area contributed by atoms with Crippen LogP contribution in [0.3, 0.4) is 0 Å². The van der Waals surface area contributed by atoms with Gasteiger partial charge in [0, 0.05) is 30.9 Å². The van der Waals surface area contributed by atoms with Crippen molar-refractivity contribution in [2.24, 2.45) is 0 Å². The Hall–Kier alpha value is -1.71. The number of carbonyl (C=O) groups is 1. The van der Waals surface area contributed by atoms with Crippen LogP contribution in [0.25, 0.3) is 6.08 Å². The molecule has 0 unspecified atom stereocenters. The van der Waals surface area contributed by atoms with Crippen LogP contribution < -0.4 is 0 Å². The zero-order chi connectivity index (χ0) is 10.8. The summed E-state index contributed by atoms with van der Waals surface area (Å²) in [6.07, 6.45) is 4.94. The third-order valence-corrected chi connectivity index (χ3v) is 2.47. The van der Waals surface area contributed by atoms with Gasteiger partial charge in [0.25, 0.3) is 0 Å². The molecule has 1 aliphatic rings. The highest BCUT2D eigenvalue weighted by molar-refractivity contribution is 5.99. The molecular formula is C11H11FN2O. The van der Waals surface area contributed by atoms with Crippen LogP contribution >= 0.6 is 0 Å². The maximum absolute atomic E-state index is 13.2. The number of rotatable bonds is 1. The normalized spacial score (nSPS) is 18.9. The number of aromatic nitrogens is 1. The van der Waals surface area contributed by atoms with Crippen molar-refractivity contribution in [1.29, 1.82) is 0 Å². The zero-order valence-electron chi connectivity index (χ0n) is 8.40. The fourth-order valence-electron chi connectivity index (χ4n) is 1.57. The SMILES string of the molecule is CN1CC/C(=C\c2ccncc2F)C1=O. The predicted molar refractivity (Wildman–Crippen MR) is 54.4 cm³/mol. The van der Waals surface area contributed by atoms with Crippen LogP contribution in [0.4, 0.5) is 4.39 Å². The van der Waals surface area contributed by atoms with Gasteiger partial charge in [0.2, 0.25) is 5.91 Å². The number of hydrogen-bond donors (Lipinski definition) is 0. The van der Waals surface area contributed by atoms with E-state index in [9.17, 15) is 9.18 Å². The molecule has 0 N–H and O–H groups in total. The Labute approximate surface area is 87.2 Å². The lowest BCUT2D eigenvalue weighted by atomic mass is 10.1. The standard InChI is InChI=1S/C11H11FN2O/c1-14-5-3-9(11(14)15)6-8-2-4-13-7-10(8)12/h2,4,6-7H,3,5H2,1H3/b9-6+. The summed E-state index contributed by atoms with van der Waals surface area (Å²) in [5.74, 6) is -0.418. The van der Waals surface area contributed by atoms with Gasteiger partial charge in [0.15, 0.2) is 0 Å². The van der Waals surface area contributed by atoms with Gasteiger partial charge in [0.1, 0.15) is 5.82 Å². The van der Waals surface area contributed by atoms with Crippen LogP contribution in [0.2, 0.25) is 0 Å². The quantitative estimate of drug-likeness (QED) is 0.652. The Bertz CT molecular complexity index is 428. The summed E-state index contributed by atoms with van der Waals surface area (Å²) >= 11 is 0. The van der Waals surface area contributed by atoms with Crippen LogP contribution in [-0.4, -0.2) is 29.4 Å². The molecule has 3 nitrogen and oxygen atoms in total. The van der Waals surface area contributed by atoms with Crippen molar-refractivity contribution in [3.05, 3.63) is 35.4 Å². The molecule has 1 saturated heterocycles. The van der Waals surface area contributed by atoms with Crippen LogP contribution in [0.15, 0.2) is 24.0 Å². The monoisotopic (exact) mass is 206 g/mol. The third kappa shape index (κ3) is 1.88. The predicted octanol–water partition coefficient (Wildman–Crippen LogP) is 1.47. The highest BCUT2D eigenvalue weighted by atomic mass is 19.1. The first-order valence-electron chi connectivity index (χ1n) is 4.74. The molecule has 1 amide bonds. The Kier molecular flexibility index (Phi) is 2.49. The van der Waals surface area contributed by atoms with Gasteiger partial charge in [-0.3, -0.25) is 9.78 Å². The minimum absolute atomic E-state index is 0.0220. The molecule has 0 saturated carbocycles. The van der Waals surface area contributed by atoms with Crippen LogP contribution in [0.5, 0.6) is 0 Å². The lowest BCUT2D eigenvalue weighted by Crippen LogP contribution is -2.18. The average molecular weight is 206 g/mol. The van der Waals surface area contributed by atoms with Crippen LogP contribution in [0, 0.1) is 5.82 Å². The molecule has 1 fully saturated rings. The second kappa shape index (κ2) is 3.81. The highest BCUT2D eigenvalue weighted by Crippen LogP contribution is 2.19. The van der Waals surface area contributed by atoms with Crippen molar-refractivity contribution in [2.75, 3.05) is 13.6 Å². The number of carbonyl (C=O) groups excluding carboxylic acids is 1. The maximum atomic E-state index is 13.2. The van der Waals surface area contributed by atoms with Crippen molar-refractivity contribution < 1.29 is 9.18 Å². The Morgan fingerprint density at radius 3 is 3.00 bits per heavy atom. The second-order valence-electron chi connectivity index (χ2n) is 3.54. The van der Waals surface area contributed by atoms with E-state index in [4.69, 9.17) is 0 Å². The molecule has 1 aromatic rings. The van der Waals surface area contributed by atoms with Crippen molar-refractivity contribution in [3.63, 3.8) is 0 Å². The van der Waals surface area contributed by atoms with E-state index in [1.165, 1.54) is 6.20 Å². The van der Waals surface area contributed by atoms with Gasteiger partial charge in [-0.05, 0) is 18.6 Å². The Morgan fingerprint density at radius 1 is 1.60 bits per heavy atom. The minimum Gasteiger partial charge on any atom is -0.342 e. The van der Waals surface area contributed by atoms with Crippen molar-refractivity contribution >= 4 is 12.0 Å². The molecule has 2 rings (SSSR count).